The predicted octanol–water partition coefficient (Wildman–Crippen LogP) is 2.16. The minimum atomic E-state index is -0.246. The average molecular weight is 325 g/mol. The second-order valence-electron chi connectivity index (χ2n) is 5.76. The van der Waals surface area contributed by atoms with Crippen LogP contribution in [0.15, 0.2) is 42.6 Å². The Morgan fingerprint density at radius 1 is 1.17 bits per heavy atom. The molecule has 2 aromatic rings. The van der Waals surface area contributed by atoms with Crippen LogP contribution in [0.1, 0.15) is 28.8 Å². The molecule has 0 unspecified atom stereocenters. The Kier molecular flexibility index (Phi) is 4.74. The van der Waals surface area contributed by atoms with Crippen molar-refractivity contribution in [1.29, 1.82) is 0 Å². The molecular formula is C18H19N3O3. The lowest BCUT2D eigenvalue weighted by Crippen LogP contribution is -2.26. The quantitative estimate of drug-likeness (QED) is 0.853. The third-order valence-electron chi connectivity index (χ3n) is 3.73. The van der Waals surface area contributed by atoms with Crippen LogP contribution in [0.3, 0.4) is 0 Å². The number of rotatable bonds is 6. The smallest absolute Gasteiger partial charge is 0.257 e. The molecule has 1 saturated carbocycles. The number of carbonyl (C=O) groups excluding carboxylic acids is 2. The van der Waals surface area contributed by atoms with Crippen molar-refractivity contribution < 1.29 is 14.3 Å². The van der Waals surface area contributed by atoms with Gasteiger partial charge in [-0.2, -0.15) is 0 Å². The van der Waals surface area contributed by atoms with Crippen LogP contribution in [0.4, 0.5) is 5.69 Å². The van der Waals surface area contributed by atoms with Crippen molar-refractivity contribution in [1.82, 2.24) is 10.3 Å². The molecule has 124 valence electrons. The number of carbonyl (C=O) groups is 2. The standard InChI is InChI=1S/C18H19N3O3/c1-24-17-9-4-13(11-19-17)18(23)21-15-5-2-12(3-6-15)10-16(22)20-14-7-8-14/h2-6,9,11,14H,7-8,10H2,1H3,(H,20,22)(H,21,23). The van der Waals surface area contributed by atoms with Gasteiger partial charge in [-0.25, -0.2) is 4.98 Å². The second kappa shape index (κ2) is 7.12. The van der Waals surface area contributed by atoms with Crippen LogP contribution in [-0.2, 0) is 11.2 Å². The van der Waals surface area contributed by atoms with Gasteiger partial charge in [0, 0.05) is 24.0 Å². The lowest BCUT2D eigenvalue weighted by molar-refractivity contribution is -0.120. The first-order valence-electron chi connectivity index (χ1n) is 7.84. The second-order valence-corrected chi connectivity index (χ2v) is 5.76. The predicted molar refractivity (Wildman–Crippen MR) is 90.1 cm³/mol. The monoisotopic (exact) mass is 325 g/mol. The third-order valence-corrected chi connectivity index (χ3v) is 3.73. The van der Waals surface area contributed by atoms with Crippen molar-refractivity contribution in [2.75, 3.05) is 12.4 Å². The molecule has 6 heteroatoms. The number of nitrogens with one attached hydrogen (secondary N) is 2. The van der Waals surface area contributed by atoms with Gasteiger partial charge in [0.25, 0.3) is 5.91 Å². The summed E-state index contributed by atoms with van der Waals surface area (Å²) >= 11 is 0. The molecule has 1 aromatic heterocycles. The zero-order chi connectivity index (χ0) is 16.9. The maximum atomic E-state index is 12.1. The number of pyridine rings is 1. The molecule has 0 bridgehead atoms. The fourth-order valence-corrected chi connectivity index (χ4v) is 2.24. The highest BCUT2D eigenvalue weighted by Crippen LogP contribution is 2.19. The Hall–Kier alpha value is -2.89. The van der Waals surface area contributed by atoms with Crippen molar-refractivity contribution in [3.05, 3.63) is 53.7 Å². The highest BCUT2D eigenvalue weighted by Gasteiger charge is 2.23. The maximum absolute atomic E-state index is 12.1. The van der Waals surface area contributed by atoms with Gasteiger partial charge in [-0.1, -0.05) is 12.1 Å². The summed E-state index contributed by atoms with van der Waals surface area (Å²) in [5.41, 5.74) is 2.03. The zero-order valence-electron chi connectivity index (χ0n) is 13.4. The zero-order valence-corrected chi connectivity index (χ0v) is 13.4. The molecule has 0 saturated heterocycles. The number of ether oxygens (including phenoxy) is 1. The Labute approximate surface area is 140 Å². The van der Waals surface area contributed by atoms with Gasteiger partial charge in [0.2, 0.25) is 11.8 Å². The lowest BCUT2D eigenvalue weighted by Gasteiger charge is -2.07. The molecule has 3 rings (SSSR count). The minimum Gasteiger partial charge on any atom is -0.481 e. The summed E-state index contributed by atoms with van der Waals surface area (Å²) in [5, 5.41) is 5.75. The molecular weight excluding hydrogens is 306 g/mol. The number of anilines is 1. The fraction of sp³-hybridized carbons (Fsp3) is 0.278. The van der Waals surface area contributed by atoms with E-state index < -0.39 is 0 Å². The van der Waals surface area contributed by atoms with Crippen molar-refractivity contribution in [2.45, 2.75) is 25.3 Å². The van der Waals surface area contributed by atoms with E-state index in [9.17, 15) is 9.59 Å². The van der Waals surface area contributed by atoms with Gasteiger partial charge in [0.15, 0.2) is 0 Å². The molecule has 0 atom stereocenters. The van der Waals surface area contributed by atoms with Crippen LogP contribution >= 0.6 is 0 Å². The van der Waals surface area contributed by atoms with E-state index in [1.165, 1.54) is 13.3 Å². The number of amides is 2. The summed E-state index contributed by atoms with van der Waals surface area (Å²) in [4.78, 5) is 27.9. The summed E-state index contributed by atoms with van der Waals surface area (Å²) in [6, 6.07) is 10.9. The molecule has 1 aliphatic carbocycles. The first-order valence-corrected chi connectivity index (χ1v) is 7.84. The molecule has 1 aromatic carbocycles. The van der Waals surface area contributed by atoms with E-state index in [-0.39, 0.29) is 11.8 Å². The van der Waals surface area contributed by atoms with Gasteiger partial charge in [0.1, 0.15) is 0 Å². The van der Waals surface area contributed by atoms with Crippen LogP contribution in [0.5, 0.6) is 5.88 Å². The molecule has 2 N–H and O–H groups in total. The van der Waals surface area contributed by atoms with Crippen molar-refractivity contribution in [3.63, 3.8) is 0 Å². The normalized spacial score (nSPS) is 13.2. The first kappa shape index (κ1) is 16.0. The molecule has 6 nitrogen and oxygen atoms in total. The Bertz CT molecular complexity index is 722. The summed E-state index contributed by atoms with van der Waals surface area (Å²) < 4.78 is 4.96. The number of aromatic nitrogens is 1. The van der Waals surface area contributed by atoms with E-state index in [1.807, 2.05) is 12.1 Å². The molecule has 2 amide bonds. The van der Waals surface area contributed by atoms with Crippen LogP contribution in [0.25, 0.3) is 0 Å². The Morgan fingerprint density at radius 2 is 1.92 bits per heavy atom. The van der Waals surface area contributed by atoms with Crippen LogP contribution in [0, 0.1) is 0 Å². The number of benzene rings is 1. The summed E-state index contributed by atoms with van der Waals surface area (Å²) in [6.45, 7) is 0. The lowest BCUT2D eigenvalue weighted by atomic mass is 10.1. The van der Waals surface area contributed by atoms with Gasteiger partial charge in [-0.15, -0.1) is 0 Å². The number of hydrogen-bond acceptors (Lipinski definition) is 4. The molecule has 1 aliphatic rings. The number of nitrogens with zero attached hydrogens (tertiary/aromatic N) is 1. The Balaban J connectivity index is 1.56. The van der Waals surface area contributed by atoms with E-state index in [2.05, 4.69) is 15.6 Å². The van der Waals surface area contributed by atoms with Gasteiger partial charge < -0.3 is 15.4 Å². The highest BCUT2D eigenvalue weighted by atomic mass is 16.5. The average Bonchev–Trinajstić information content (AvgIpc) is 3.40. The molecule has 24 heavy (non-hydrogen) atoms. The van der Waals surface area contributed by atoms with Crippen LogP contribution < -0.4 is 15.4 Å². The van der Waals surface area contributed by atoms with Gasteiger partial charge >= 0.3 is 0 Å². The van der Waals surface area contributed by atoms with Crippen molar-refractivity contribution >= 4 is 17.5 Å². The van der Waals surface area contributed by atoms with Gasteiger partial charge in [-0.3, -0.25) is 9.59 Å². The van der Waals surface area contributed by atoms with Gasteiger partial charge in [0.05, 0.1) is 19.1 Å². The van der Waals surface area contributed by atoms with Crippen molar-refractivity contribution in [2.24, 2.45) is 0 Å². The largest absolute Gasteiger partial charge is 0.481 e. The van der Waals surface area contributed by atoms with Gasteiger partial charge in [-0.05, 0) is 36.6 Å². The minimum absolute atomic E-state index is 0.0404. The fourth-order valence-electron chi connectivity index (χ4n) is 2.24. The summed E-state index contributed by atoms with van der Waals surface area (Å²) in [6.07, 6.45) is 3.98. The number of methoxy groups -OCH3 is 1. The highest BCUT2D eigenvalue weighted by molar-refractivity contribution is 6.04. The van der Waals surface area contributed by atoms with Crippen LogP contribution in [-0.4, -0.2) is 29.9 Å². The van der Waals surface area contributed by atoms with Crippen molar-refractivity contribution in [3.8, 4) is 5.88 Å². The first-order chi connectivity index (χ1) is 11.6. The molecule has 0 aliphatic heterocycles. The molecule has 0 radical (unpaired) electrons. The van der Waals surface area contributed by atoms with E-state index in [1.54, 1.807) is 24.3 Å². The topological polar surface area (TPSA) is 80.3 Å². The van der Waals surface area contributed by atoms with E-state index in [4.69, 9.17) is 4.74 Å². The SMILES string of the molecule is COc1ccc(C(=O)Nc2ccc(CC(=O)NC3CC3)cc2)cn1. The summed E-state index contributed by atoms with van der Waals surface area (Å²) in [5.74, 6) is 0.253. The molecule has 1 fully saturated rings. The van der Waals surface area contributed by atoms with Crippen LogP contribution in [0.2, 0.25) is 0 Å². The van der Waals surface area contributed by atoms with E-state index in [0.29, 0.717) is 29.6 Å². The number of hydrogen-bond donors (Lipinski definition) is 2. The molecule has 1 heterocycles. The van der Waals surface area contributed by atoms with E-state index in [0.717, 1.165) is 18.4 Å². The molecule has 0 spiro atoms. The van der Waals surface area contributed by atoms with E-state index >= 15 is 0 Å². The summed E-state index contributed by atoms with van der Waals surface area (Å²) in [7, 11) is 1.52. The third kappa shape index (κ3) is 4.32. The maximum Gasteiger partial charge on any atom is 0.257 e. The Morgan fingerprint density at radius 3 is 2.50 bits per heavy atom.